The average Bonchev–Trinajstić information content (AvgIpc) is 3.27. The molecule has 72 heavy (non-hydrogen) atoms. The van der Waals surface area contributed by atoms with Crippen LogP contribution in [0.3, 0.4) is 0 Å². The summed E-state index contributed by atoms with van der Waals surface area (Å²) in [5, 5.41) is 36.1. The van der Waals surface area contributed by atoms with Crippen LogP contribution in [0.25, 0.3) is 0 Å². The van der Waals surface area contributed by atoms with Crippen molar-refractivity contribution in [3.63, 3.8) is 0 Å². The van der Waals surface area contributed by atoms with Gasteiger partial charge in [0, 0.05) is 44.6 Å². The van der Waals surface area contributed by atoms with E-state index in [1.54, 1.807) is 0 Å². The van der Waals surface area contributed by atoms with E-state index < -0.39 is 102 Å². The molecule has 0 bridgehead atoms. The van der Waals surface area contributed by atoms with Crippen LogP contribution in [0.2, 0.25) is 0 Å². The molecule has 0 aromatic rings. The zero-order valence-corrected chi connectivity index (χ0v) is 42.7. The highest BCUT2D eigenvalue weighted by Crippen LogP contribution is 2.23. The molecular formula is C38H73ClN20O11S2. The Bertz CT molecular complexity index is 1920. The van der Waals surface area contributed by atoms with Gasteiger partial charge < -0.3 is 99.0 Å². The molecule has 0 aromatic heterocycles. The van der Waals surface area contributed by atoms with Gasteiger partial charge in [-0.3, -0.25) is 58.3 Å². The Kier molecular flexibility index (Phi) is 34.7. The van der Waals surface area contributed by atoms with Gasteiger partial charge in [0.1, 0.15) is 48.3 Å². The van der Waals surface area contributed by atoms with Crippen molar-refractivity contribution in [3.8, 4) is 0 Å². The minimum atomic E-state index is -1.42. The van der Waals surface area contributed by atoms with E-state index in [2.05, 4.69) is 57.2 Å². The quantitative estimate of drug-likeness (QED) is 0.0120. The highest BCUT2D eigenvalue weighted by Gasteiger charge is 2.32. The molecule has 0 heterocycles. The van der Waals surface area contributed by atoms with Gasteiger partial charge in [0.05, 0.1) is 0 Å². The van der Waals surface area contributed by atoms with Crippen LogP contribution in [-0.4, -0.2) is 173 Å². The number of hydrogen-bond donors (Lipinski definition) is 18. The first-order chi connectivity index (χ1) is 33.2. The van der Waals surface area contributed by atoms with Crippen molar-refractivity contribution in [2.24, 2.45) is 71.6 Å². The van der Waals surface area contributed by atoms with Crippen LogP contribution in [0.5, 0.6) is 0 Å². The van der Waals surface area contributed by atoms with E-state index in [-0.39, 0.29) is 125 Å². The molecule has 27 N–H and O–H groups in total. The van der Waals surface area contributed by atoms with Crippen LogP contribution in [0, 0.1) is 0 Å². The van der Waals surface area contributed by atoms with Gasteiger partial charge in [-0.25, -0.2) is 4.79 Å². The summed E-state index contributed by atoms with van der Waals surface area (Å²) in [6.07, 6.45) is 0.165. The SMILES string of the molecule is CC(=O)N[C@H](CSSC[C@H](N)C(=O)O)C(=O)N[C@H](C)C(=O)N[C@H](CCCN=C(N)N)C(=O)N[C@H](CCCN=C(N)N)C(=O)N[C@H](CCCN=C(N)N)C(=O)N[C@H](C)C(=O)N[C@H](CCCN=C(N)N)C(=O)O.Cl. The number of carboxylic acids is 2. The van der Waals surface area contributed by atoms with Crippen molar-refractivity contribution < 1.29 is 53.4 Å². The van der Waals surface area contributed by atoms with Gasteiger partial charge >= 0.3 is 11.9 Å². The van der Waals surface area contributed by atoms with Crippen LogP contribution >= 0.6 is 34.0 Å². The number of carbonyl (C=O) groups excluding carboxylic acids is 7. The molecule has 0 aliphatic heterocycles. The molecule has 0 aliphatic carbocycles. The van der Waals surface area contributed by atoms with Crippen LogP contribution in [0.15, 0.2) is 20.0 Å². The normalized spacial score (nSPS) is 13.8. The Morgan fingerprint density at radius 1 is 0.431 bits per heavy atom. The largest absolute Gasteiger partial charge is 0.480 e. The van der Waals surface area contributed by atoms with Gasteiger partial charge in [-0.2, -0.15) is 0 Å². The lowest BCUT2D eigenvalue weighted by atomic mass is 10.0. The summed E-state index contributed by atoms with van der Waals surface area (Å²) >= 11 is 0. The lowest BCUT2D eigenvalue weighted by molar-refractivity contribution is -0.142. The Labute approximate surface area is 430 Å². The zero-order valence-electron chi connectivity index (χ0n) is 40.3. The second-order valence-corrected chi connectivity index (χ2v) is 18.2. The minimum Gasteiger partial charge on any atom is -0.480 e. The summed E-state index contributed by atoms with van der Waals surface area (Å²) in [6.45, 7) is 3.91. The first-order valence-corrected chi connectivity index (χ1v) is 24.5. The standard InChI is InChI=1S/C38H72N20O11S2.ClH/c1-18(53-32(65)26(54-20(3)59)17-71-70-16-21(39)33(66)67)27(60)55-23(9-5-13-49-36(42)43)30(63)57-24(10-6-14-50-37(44)45)31(64)56-22(8-4-12-48-35(40)41)29(62)52-19(2)28(61)58-25(34(68)69)11-7-15-51-38(46)47;/h18-19,21-26H,4-17,39H2,1-3H3,(H,52,62)(H,53,65)(H,54,59)(H,55,60)(H,56,64)(H,57,63)(H,58,61)(H,66,67)(H,68,69)(H4,40,41,48)(H4,42,43,49)(H4,44,45,50)(H4,46,47,51);1H/t18-,19-,21+,22-,23-,24-,25-,26-;/m1./s1. The number of nitrogens with one attached hydrogen (secondary N) is 7. The number of carbonyl (C=O) groups is 9. The minimum absolute atomic E-state index is 0. The maximum absolute atomic E-state index is 14.1. The van der Waals surface area contributed by atoms with Crippen molar-refractivity contribution in [1.82, 2.24) is 37.2 Å². The first kappa shape index (κ1) is 67.3. The molecule has 7 amide bonds. The Morgan fingerprint density at radius 3 is 1.04 bits per heavy atom. The molecule has 0 fully saturated rings. The third-order valence-corrected chi connectivity index (χ3v) is 11.8. The number of carboxylic acid groups (broad SMARTS) is 2. The highest BCUT2D eigenvalue weighted by atomic mass is 35.5. The second kappa shape index (κ2) is 37.1. The number of guanidine groups is 4. The zero-order chi connectivity index (χ0) is 54.2. The van der Waals surface area contributed by atoms with E-state index in [0.29, 0.717) is 0 Å². The summed E-state index contributed by atoms with van der Waals surface area (Å²) in [7, 11) is 2.12. The number of nitrogens with zero attached hydrogens (tertiary/aromatic N) is 4. The summed E-state index contributed by atoms with van der Waals surface area (Å²) in [5.74, 6) is -9.30. The van der Waals surface area contributed by atoms with E-state index in [9.17, 15) is 48.3 Å². The average molecular weight is 1090 g/mol. The molecule has 0 saturated carbocycles. The van der Waals surface area contributed by atoms with Crippen LogP contribution in [-0.2, 0) is 43.2 Å². The van der Waals surface area contributed by atoms with Gasteiger partial charge in [-0.1, -0.05) is 21.6 Å². The van der Waals surface area contributed by atoms with Crippen molar-refractivity contribution in [2.75, 3.05) is 37.7 Å². The van der Waals surface area contributed by atoms with Crippen LogP contribution < -0.4 is 88.8 Å². The number of aliphatic imine (C=N–C) groups is 4. The number of aliphatic carboxylic acids is 2. The summed E-state index contributed by atoms with van der Waals surface area (Å²) < 4.78 is 0. The second-order valence-electron chi connectivity index (χ2n) is 15.6. The summed E-state index contributed by atoms with van der Waals surface area (Å²) in [5.41, 5.74) is 48.9. The molecule has 0 saturated heterocycles. The molecular weight excluding hydrogens is 1010 g/mol. The van der Waals surface area contributed by atoms with Crippen LogP contribution in [0.4, 0.5) is 0 Å². The lowest BCUT2D eigenvalue weighted by Crippen LogP contribution is -2.59. The molecule has 0 unspecified atom stereocenters. The van der Waals surface area contributed by atoms with E-state index in [0.717, 1.165) is 21.6 Å². The van der Waals surface area contributed by atoms with E-state index in [1.165, 1.54) is 20.8 Å². The fourth-order valence-electron chi connectivity index (χ4n) is 5.71. The molecule has 0 aliphatic rings. The van der Waals surface area contributed by atoms with Crippen LogP contribution in [0.1, 0.15) is 72.1 Å². The van der Waals surface area contributed by atoms with Gasteiger partial charge in [0.2, 0.25) is 41.4 Å². The molecule has 0 aromatic carbocycles. The smallest absolute Gasteiger partial charge is 0.326 e. The molecule has 0 radical (unpaired) electrons. The number of rotatable bonds is 36. The third kappa shape index (κ3) is 31.5. The predicted octanol–water partition coefficient (Wildman–Crippen LogP) is -7.05. The maximum Gasteiger partial charge on any atom is 0.326 e. The maximum atomic E-state index is 14.1. The van der Waals surface area contributed by atoms with E-state index in [4.69, 9.17) is 56.7 Å². The topological polar surface area (TPSA) is 562 Å². The van der Waals surface area contributed by atoms with Gasteiger partial charge in [-0.15, -0.1) is 12.4 Å². The monoisotopic (exact) mass is 1080 g/mol. The van der Waals surface area contributed by atoms with Crippen molar-refractivity contribution in [3.05, 3.63) is 0 Å². The van der Waals surface area contributed by atoms with Crippen molar-refractivity contribution >= 4 is 111 Å². The molecule has 31 nitrogen and oxygen atoms in total. The number of nitrogens with two attached hydrogens (primary N) is 9. The number of halogens is 1. The summed E-state index contributed by atoms with van der Waals surface area (Å²) in [4.78, 5) is 132. The third-order valence-electron chi connectivity index (χ3n) is 9.38. The molecule has 410 valence electrons. The molecule has 0 rings (SSSR count). The van der Waals surface area contributed by atoms with Gasteiger partial charge in [0.25, 0.3) is 0 Å². The van der Waals surface area contributed by atoms with E-state index >= 15 is 0 Å². The van der Waals surface area contributed by atoms with Crippen molar-refractivity contribution in [1.29, 1.82) is 0 Å². The lowest BCUT2D eigenvalue weighted by Gasteiger charge is -2.27. The Hall–Kier alpha value is -6.74. The van der Waals surface area contributed by atoms with Gasteiger partial charge in [-0.05, 0) is 65.2 Å². The fourth-order valence-corrected chi connectivity index (χ4v) is 7.99. The van der Waals surface area contributed by atoms with E-state index in [1.807, 2.05) is 0 Å². The predicted molar refractivity (Wildman–Crippen MR) is 276 cm³/mol. The fraction of sp³-hybridized carbons (Fsp3) is 0.658. The van der Waals surface area contributed by atoms with Gasteiger partial charge in [0.15, 0.2) is 23.8 Å². The summed E-state index contributed by atoms with van der Waals surface area (Å²) in [6, 6.07) is -10.5. The van der Waals surface area contributed by atoms with Crippen molar-refractivity contribution in [2.45, 2.75) is 120 Å². The molecule has 8 atom stereocenters. The number of amides is 7. The highest BCUT2D eigenvalue weighted by molar-refractivity contribution is 8.76. The number of hydrogen-bond acceptors (Lipinski definition) is 16. The Balaban J connectivity index is 0. The Morgan fingerprint density at radius 2 is 0.722 bits per heavy atom. The first-order valence-electron chi connectivity index (χ1n) is 22.0. The molecule has 34 heteroatoms. The molecule has 0 spiro atoms.